The average molecular weight is 244 g/mol. The standard InChI is InChI=1S/C6H14Se2/c1-7-3-5-8(2)6-4-7/h3-6H2,1-2H3/q+1. The van der Waals surface area contributed by atoms with Crippen LogP contribution in [0.2, 0.25) is 32.9 Å². The molecule has 1 heterocycles. The predicted molar refractivity (Wildman–Crippen MR) is 42.5 cm³/mol. The van der Waals surface area contributed by atoms with Crippen molar-refractivity contribution in [3.63, 3.8) is 0 Å². The van der Waals surface area contributed by atoms with Gasteiger partial charge in [-0.1, -0.05) is 0 Å². The summed E-state index contributed by atoms with van der Waals surface area (Å²) in [5.41, 5.74) is 0. The normalized spacial score (nSPS) is 26.2. The predicted octanol–water partition coefficient (Wildman–Crippen LogP) is 2.25. The summed E-state index contributed by atoms with van der Waals surface area (Å²) >= 11 is 0.0270. The van der Waals surface area contributed by atoms with Gasteiger partial charge < -0.3 is 0 Å². The van der Waals surface area contributed by atoms with E-state index in [1.54, 1.807) is 21.3 Å². The van der Waals surface area contributed by atoms with Gasteiger partial charge in [0.15, 0.2) is 0 Å². The van der Waals surface area contributed by atoms with Gasteiger partial charge in [-0.15, -0.1) is 0 Å². The van der Waals surface area contributed by atoms with Gasteiger partial charge in [-0.2, -0.15) is 0 Å². The summed E-state index contributed by atoms with van der Waals surface area (Å²) in [7, 11) is 0. The van der Waals surface area contributed by atoms with Crippen LogP contribution in [0.1, 0.15) is 0 Å². The van der Waals surface area contributed by atoms with Crippen LogP contribution < -0.4 is 0 Å². The van der Waals surface area contributed by atoms with Gasteiger partial charge in [-0.3, -0.25) is 0 Å². The Labute approximate surface area is 60.8 Å². The summed E-state index contributed by atoms with van der Waals surface area (Å²) in [4.78, 5) is 0. The third-order valence-corrected chi connectivity index (χ3v) is 11.7. The van der Waals surface area contributed by atoms with Crippen molar-refractivity contribution in [2.24, 2.45) is 0 Å². The number of hydrogen-bond donors (Lipinski definition) is 0. The van der Waals surface area contributed by atoms with Gasteiger partial charge in [0, 0.05) is 0 Å². The molecule has 0 bridgehead atoms. The molecule has 0 aliphatic carbocycles. The Morgan fingerprint density at radius 1 is 1.25 bits per heavy atom. The van der Waals surface area contributed by atoms with E-state index in [0.717, 1.165) is 0 Å². The first-order chi connectivity index (χ1) is 3.79. The van der Waals surface area contributed by atoms with E-state index in [1.165, 1.54) is 0 Å². The summed E-state index contributed by atoms with van der Waals surface area (Å²) in [5.74, 6) is 5.02. The fraction of sp³-hybridized carbons (Fsp3) is 1.00. The van der Waals surface area contributed by atoms with Gasteiger partial charge in [0.2, 0.25) is 0 Å². The van der Waals surface area contributed by atoms with E-state index in [4.69, 9.17) is 0 Å². The summed E-state index contributed by atoms with van der Waals surface area (Å²) in [6, 6.07) is 0. The second-order valence-corrected chi connectivity index (χ2v) is 12.4. The molecule has 1 aliphatic heterocycles. The topological polar surface area (TPSA) is 0 Å². The summed E-state index contributed by atoms with van der Waals surface area (Å²) in [6.07, 6.45) is 0. The van der Waals surface area contributed by atoms with Gasteiger partial charge in [-0.05, 0) is 0 Å². The van der Waals surface area contributed by atoms with Gasteiger partial charge in [0.1, 0.15) is 0 Å². The van der Waals surface area contributed by atoms with Crippen molar-refractivity contribution in [3.05, 3.63) is 0 Å². The SMILES string of the molecule is C[Se]1CC[Se+](C)CC1. The van der Waals surface area contributed by atoms with Crippen molar-refractivity contribution >= 4 is 27.8 Å². The zero-order valence-corrected chi connectivity index (χ0v) is 9.07. The first kappa shape index (κ1) is 7.15. The van der Waals surface area contributed by atoms with Crippen LogP contribution in [-0.4, -0.2) is 27.8 Å². The van der Waals surface area contributed by atoms with Crippen LogP contribution in [0.5, 0.6) is 0 Å². The molecule has 0 atom stereocenters. The van der Waals surface area contributed by atoms with E-state index >= 15 is 0 Å². The first-order valence-corrected chi connectivity index (χ1v) is 11.2. The van der Waals surface area contributed by atoms with E-state index in [1.807, 2.05) is 0 Å². The van der Waals surface area contributed by atoms with Crippen molar-refractivity contribution in [1.82, 2.24) is 0 Å². The molecular weight excluding hydrogens is 230 g/mol. The van der Waals surface area contributed by atoms with Crippen LogP contribution in [0.3, 0.4) is 0 Å². The van der Waals surface area contributed by atoms with Crippen molar-refractivity contribution in [2.45, 2.75) is 32.9 Å². The van der Waals surface area contributed by atoms with Crippen molar-refractivity contribution in [3.8, 4) is 0 Å². The van der Waals surface area contributed by atoms with Crippen LogP contribution in [-0.2, 0) is 0 Å². The van der Waals surface area contributed by atoms with Crippen LogP contribution in [0, 0.1) is 0 Å². The number of hydrogen-bond acceptors (Lipinski definition) is 0. The van der Waals surface area contributed by atoms with Crippen molar-refractivity contribution in [1.29, 1.82) is 0 Å². The van der Waals surface area contributed by atoms with Crippen molar-refractivity contribution in [2.75, 3.05) is 0 Å². The molecule has 0 nitrogen and oxygen atoms in total. The summed E-state index contributed by atoms with van der Waals surface area (Å²) < 4.78 is 0. The molecular formula is C6H14Se2+. The average Bonchev–Trinajstić information content (AvgIpc) is 1.77. The van der Waals surface area contributed by atoms with Gasteiger partial charge in [-0.25, -0.2) is 0 Å². The Morgan fingerprint density at radius 3 is 2.12 bits per heavy atom. The molecule has 1 radical (unpaired) electrons. The Kier molecular flexibility index (Phi) is 2.92. The molecule has 1 fully saturated rings. The fourth-order valence-electron chi connectivity index (χ4n) is 0.773. The van der Waals surface area contributed by atoms with E-state index in [2.05, 4.69) is 11.6 Å². The van der Waals surface area contributed by atoms with Crippen LogP contribution in [0.4, 0.5) is 0 Å². The third kappa shape index (κ3) is 2.11. The Morgan fingerprint density at radius 2 is 1.75 bits per heavy atom. The Bertz CT molecular complexity index is 54.9. The second-order valence-electron chi connectivity index (χ2n) is 2.38. The Hall–Kier alpha value is 1.04. The maximum atomic E-state index is 2.51. The molecule has 1 aliphatic rings. The molecule has 0 saturated carbocycles. The molecule has 0 N–H and O–H groups in total. The molecule has 0 spiro atoms. The van der Waals surface area contributed by atoms with Crippen molar-refractivity contribution < 1.29 is 0 Å². The molecule has 0 amide bonds. The van der Waals surface area contributed by atoms with Gasteiger partial charge in [0.05, 0.1) is 0 Å². The zero-order chi connectivity index (χ0) is 5.98. The molecule has 0 aromatic heterocycles. The molecule has 49 valence electrons. The Balaban J connectivity index is 2.19. The first-order valence-electron chi connectivity index (χ1n) is 2.97. The zero-order valence-electron chi connectivity index (χ0n) is 5.64. The fourth-order valence-corrected chi connectivity index (χ4v) is 16.4. The van der Waals surface area contributed by atoms with E-state index in [-0.39, 0.29) is 27.8 Å². The van der Waals surface area contributed by atoms with Gasteiger partial charge >= 0.3 is 60.7 Å². The molecule has 1 rings (SSSR count). The quantitative estimate of drug-likeness (QED) is 0.573. The van der Waals surface area contributed by atoms with Crippen LogP contribution >= 0.6 is 0 Å². The van der Waals surface area contributed by atoms with E-state index in [0.29, 0.717) is 0 Å². The van der Waals surface area contributed by atoms with E-state index in [9.17, 15) is 0 Å². The number of rotatable bonds is 0. The molecule has 2 heteroatoms. The monoisotopic (exact) mass is 246 g/mol. The molecule has 0 aromatic rings. The minimum atomic E-state index is 0.0135. The summed E-state index contributed by atoms with van der Waals surface area (Å²) in [5, 5.41) is 6.62. The van der Waals surface area contributed by atoms with Gasteiger partial charge in [0.25, 0.3) is 0 Å². The van der Waals surface area contributed by atoms with Crippen LogP contribution in [0.25, 0.3) is 0 Å². The van der Waals surface area contributed by atoms with Crippen LogP contribution in [0.15, 0.2) is 0 Å². The molecule has 0 unspecified atom stereocenters. The maximum absolute atomic E-state index is 2.51. The third-order valence-electron chi connectivity index (χ3n) is 1.56. The molecule has 8 heavy (non-hydrogen) atoms. The minimum absolute atomic E-state index is 0.0135. The summed E-state index contributed by atoms with van der Waals surface area (Å²) in [6.45, 7) is 0. The molecule has 0 aromatic carbocycles. The van der Waals surface area contributed by atoms with E-state index < -0.39 is 0 Å². The second kappa shape index (κ2) is 3.27. The molecule has 1 saturated heterocycles.